The second-order valence-corrected chi connectivity index (χ2v) is 9.81. The number of para-hydroxylation sites is 2. The van der Waals surface area contributed by atoms with E-state index >= 15 is 0 Å². The molecule has 1 aliphatic rings. The normalized spacial score (nSPS) is 15.3. The highest BCUT2D eigenvalue weighted by molar-refractivity contribution is 6.13. The highest BCUT2D eigenvalue weighted by Crippen LogP contribution is 2.30. The van der Waals surface area contributed by atoms with Crippen molar-refractivity contribution in [1.82, 2.24) is 9.47 Å². The Morgan fingerprint density at radius 2 is 1.24 bits per heavy atom. The van der Waals surface area contributed by atoms with Gasteiger partial charge in [-0.05, 0) is 68.9 Å². The smallest absolute Gasteiger partial charge is 0.231 e. The van der Waals surface area contributed by atoms with Gasteiger partial charge in [0.25, 0.3) is 0 Å². The molecule has 0 radical (unpaired) electrons. The zero-order chi connectivity index (χ0) is 23.2. The Labute approximate surface area is 203 Å². The second-order valence-electron chi connectivity index (χ2n) is 9.81. The van der Waals surface area contributed by atoms with Crippen molar-refractivity contribution in [3.05, 3.63) is 84.4 Å². The minimum atomic E-state index is 0.221. The molecular weight excluding hydrogens is 416 g/mol. The van der Waals surface area contributed by atoms with Crippen molar-refractivity contribution >= 4 is 27.7 Å². The van der Waals surface area contributed by atoms with Crippen molar-refractivity contribution in [2.24, 2.45) is 0 Å². The quantitative estimate of drug-likeness (QED) is 0.244. The molecule has 4 aromatic rings. The van der Waals surface area contributed by atoms with E-state index < -0.39 is 0 Å². The highest BCUT2D eigenvalue weighted by atomic mass is 16.2. The molecule has 1 aromatic heterocycles. The molecule has 0 unspecified atom stereocenters. The Morgan fingerprint density at radius 1 is 0.676 bits per heavy atom. The number of likely N-dealkylation sites (tertiary alicyclic amines) is 1. The van der Waals surface area contributed by atoms with Gasteiger partial charge in [-0.1, -0.05) is 86.0 Å². The summed E-state index contributed by atoms with van der Waals surface area (Å²) >= 11 is 0. The monoisotopic (exact) mass is 452 g/mol. The Balaban J connectivity index is 1.02. The van der Waals surface area contributed by atoms with Gasteiger partial charge in [0.05, 0.1) is 11.0 Å². The van der Waals surface area contributed by atoms with Crippen LogP contribution in [0.1, 0.15) is 67.6 Å². The first-order chi connectivity index (χ1) is 16.8. The van der Waals surface area contributed by atoms with Crippen molar-refractivity contribution in [3.8, 4) is 0 Å². The van der Waals surface area contributed by atoms with E-state index in [2.05, 4.69) is 71.6 Å². The Bertz CT molecular complexity index is 1160. The number of piperidine rings is 1. The van der Waals surface area contributed by atoms with Crippen LogP contribution in [0.5, 0.6) is 0 Å². The van der Waals surface area contributed by atoms with E-state index in [-0.39, 0.29) is 5.91 Å². The lowest BCUT2D eigenvalue weighted by Gasteiger charge is -2.32. The van der Waals surface area contributed by atoms with Crippen LogP contribution < -0.4 is 0 Å². The Morgan fingerprint density at radius 3 is 1.91 bits per heavy atom. The fourth-order valence-corrected chi connectivity index (χ4v) is 5.66. The second kappa shape index (κ2) is 11.0. The predicted octanol–water partition coefficient (Wildman–Crippen LogP) is 7.65. The van der Waals surface area contributed by atoms with E-state index in [4.69, 9.17) is 0 Å². The van der Waals surface area contributed by atoms with Gasteiger partial charge in [-0.15, -0.1) is 0 Å². The minimum absolute atomic E-state index is 0.221. The number of hydrogen-bond donors (Lipinski definition) is 0. The van der Waals surface area contributed by atoms with Crippen molar-refractivity contribution < 1.29 is 4.79 Å². The molecule has 0 spiro atoms. The number of carbonyl (C=O) groups excluding carboxylic acids is 1. The first-order valence-electron chi connectivity index (χ1n) is 13.1. The van der Waals surface area contributed by atoms with Gasteiger partial charge in [0.15, 0.2) is 0 Å². The molecule has 3 aromatic carbocycles. The molecule has 0 bridgehead atoms. The van der Waals surface area contributed by atoms with Crippen molar-refractivity contribution in [1.29, 1.82) is 0 Å². The maximum atomic E-state index is 13.1. The first-order valence-corrected chi connectivity index (χ1v) is 13.1. The van der Waals surface area contributed by atoms with Gasteiger partial charge in [0.1, 0.15) is 0 Å². The van der Waals surface area contributed by atoms with E-state index in [1.165, 1.54) is 68.1 Å². The zero-order valence-corrected chi connectivity index (χ0v) is 20.2. The molecule has 5 rings (SSSR count). The molecule has 0 atom stereocenters. The third kappa shape index (κ3) is 5.10. The van der Waals surface area contributed by atoms with Crippen molar-refractivity contribution in [2.75, 3.05) is 19.6 Å². The number of unbranched alkanes of at least 4 members (excludes halogenated alkanes) is 4. The molecule has 1 saturated heterocycles. The van der Waals surface area contributed by atoms with E-state index in [1.807, 2.05) is 16.7 Å². The van der Waals surface area contributed by atoms with Gasteiger partial charge in [-0.3, -0.25) is 9.36 Å². The fraction of sp³-hybridized carbons (Fsp3) is 0.387. The van der Waals surface area contributed by atoms with Gasteiger partial charge >= 0.3 is 0 Å². The maximum absolute atomic E-state index is 13.1. The van der Waals surface area contributed by atoms with Crippen LogP contribution in [0.25, 0.3) is 21.8 Å². The SMILES string of the molecule is O=C(CCCCCCCN1CCC(c2ccccc2)CC1)n1c2ccccc2c2ccccc21. The van der Waals surface area contributed by atoms with Gasteiger partial charge < -0.3 is 4.90 Å². The van der Waals surface area contributed by atoms with E-state index in [0.717, 1.165) is 29.8 Å². The average molecular weight is 453 g/mol. The minimum Gasteiger partial charge on any atom is -0.303 e. The molecule has 176 valence electrons. The van der Waals surface area contributed by atoms with E-state index in [9.17, 15) is 4.79 Å². The maximum Gasteiger partial charge on any atom is 0.231 e. The average Bonchev–Trinajstić information content (AvgIpc) is 3.23. The number of benzene rings is 3. The van der Waals surface area contributed by atoms with E-state index in [1.54, 1.807) is 0 Å². The fourth-order valence-electron chi connectivity index (χ4n) is 5.66. The van der Waals surface area contributed by atoms with Gasteiger partial charge in [0.2, 0.25) is 5.91 Å². The number of hydrogen-bond acceptors (Lipinski definition) is 2. The summed E-state index contributed by atoms with van der Waals surface area (Å²) in [5, 5.41) is 2.33. The molecule has 0 aliphatic carbocycles. The summed E-state index contributed by atoms with van der Waals surface area (Å²) in [5.74, 6) is 0.961. The number of aromatic nitrogens is 1. The first kappa shape index (κ1) is 22.9. The topological polar surface area (TPSA) is 25.2 Å². The summed E-state index contributed by atoms with van der Waals surface area (Å²) in [6, 6.07) is 27.5. The predicted molar refractivity (Wildman–Crippen MR) is 143 cm³/mol. The van der Waals surface area contributed by atoms with E-state index in [0.29, 0.717) is 6.42 Å². The molecular formula is C31H36N2O. The van der Waals surface area contributed by atoms with Crippen LogP contribution in [-0.4, -0.2) is 35.0 Å². The lowest BCUT2D eigenvalue weighted by atomic mass is 9.89. The van der Waals surface area contributed by atoms with Crippen LogP contribution in [0.2, 0.25) is 0 Å². The lowest BCUT2D eigenvalue weighted by Crippen LogP contribution is -2.33. The highest BCUT2D eigenvalue weighted by Gasteiger charge is 2.20. The van der Waals surface area contributed by atoms with Crippen LogP contribution in [0, 0.1) is 0 Å². The molecule has 34 heavy (non-hydrogen) atoms. The number of nitrogens with zero attached hydrogens (tertiary/aromatic N) is 2. The molecule has 0 N–H and O–H groups in total. The van der Waals surface area contributed by atoms with Crippen molar-refractivity contribution in [2.45, 2.75) is 57.3 Å². The molecule has 3 heteroatoms. The molecule has 3 nitrogen and oxygen atoms in total. The number of fused-ring (bicyclic) bond motifs is 3. The van der Waals surface area contributed by atoms with Gasteiger partial charge in [0, 0.05) is 17.2 Å². The summed E-state index contributed by atoms with van der Waals surface area (Å²) in [6.45, 7) is 3.68. The largest absolute Gasteiger partial charge is 0.303 e. The Kier molecular flexibility index (Phi) is 7.40. The molecule has 1 aliphatic heterocycles. The molecule has 0 saturated carbocycles. The van der Waals surface area contributed by atoms with Crippen LogP contribution in [0.15, 0.2) is 78.9 Å². The third-order valence-corrected chi connectivity index (χ3v) is 7.55. The summed E-state index contributed by atoms with van der Waals surface area (Å²) in [5.41, 5.74) is 3.58. The summed E-state index contributed by atoms with van der Waals surface area (Å²) in [6.07, 6.45) is 9.07. The molecule has 0 amide bonds. The molecule has 2 heterocycles. The molecule has 1 fully saturated rings. The summed E-state index contributed by atoms with van der Waals surface area (Å²) in [4.78, 5) is 15.8. The summed E-state index contributed by atoms with van der Waals surface area (Å²) in [7, 11) is 0. The number of carbonyl (C=O) groups is 1. The van der Waals surface area contributed by atoms with Gasteiger partial charge in [-0.2, -0.15) is 0 Å². The standard InChI is InChI=1S/C31H36N2O/c34-31(33-29-17-10-8-15-27(29)28-16-9-11-18-30(28)33)19-7-2-1-3-12-22-32-23-20-26(21-24-32)25-13-5-4-6-14-25/h4-6,8-11,13-18,26H,1-3,7,12,19-24H2. The third-order valence-electron chi connectivity index (χ3n) is 7.55. The van der Waals surface area contributed by atoms with Crippen LogP contribution in [-0.2, 0) is 0 Å². The summed E-state index contributed by atoms with van der Waals surface area (Å²) < 4.78 is 1.93. The van der Waals surface area contributed by atoms with Crippen LogP contribution in [0.3, 0.4) is 0 Å². The lowest BCUT2D eigenvalue weighted by molar-refractivity contribution is 0.0909. The van der Waals surface area contributed by atoms with Gasteiger partial charge in [-0.25, -0.2) is 0 Å². The number of rotatable bonds is 9. The van der Waals surface area contributed by atoms with Crippen molar-refractivity contribution in [3.63, 3.8) is 0 Å². The van der Waals surface area contributed by atoms with Crippen LogP contribution >= 0.6 is 0 Å². The van der Waals surface area contributed by atoms with Crippen LogP contribution in [0.4, 0.5) is 0 Å². The Hall–Kier alpha value is -2.91. The zero-order valence-electron chi connectivity index (χ0n) is 20.2.